The molecule has 7 rings (SSSR count). The standard InChI is InChI=1S/C38H29N5O8/c44-21-28-30(50-37(47)26-17-9-3-10-18-26)31(51-38(48)27-19-11-4-12-20-27)36(49-28)42-23-41-29-32(42)39-22-40-33(29)43(34(45)24-13-5-1-6-14-24)35(46)25-15-7-2-8-16-25/h1-20,22-23,28,30-31,36,44H,21H2/t28-,30+,31+,36-/m1/s1. The second-order valence-electron chi connectivity index (χ2n) is 11.4. The van der Waals surface area contributed by atoms with Crippen LogP contribution in [0.3, 0.4) is 0 Å². The van der Waals surface area contributed by atoms with Gasteiger partial charge < -0.3 is 19.3 Å². The lowest BCUT2D eigenvalue weighted by Gasteiger charge is -2.25. The van der Waals surface area contributed by atoms with Gasteiger partial charge in [-0.3, -0.25) is 14.2 Å². The van der Waals surface area contributed by atoms with E-state index in [0.717, 1.165) is 11.2 Å². The van der Waals surface area contributed by atoms with Crippen molar-refractivity contribution < 1.29 is 38.5 Å². The maximum atomic E-state index is 14.0. The molecule has 0 radical (unpaired) electrons. The molecule has 1 aliphatic heterocycles. The first kappa shape index (κ1) is 33.0. The number of nitrogens with zero attached hydrogens (tertiary/aromatic N) is 5. The van der Waals surface area contributed by atoms with Crippen LogP contribution in [-0.4, -0.2) is 73.3 Å². The van der Waals surface area contributed by atoms with Crippen LogP contribution in [-0.2, 0) is 14.2 Å². The van der Waals surface area contributed by atoms with Crippen molar-refractivity contribution in [2.24, 2.45) is 0 Å². The zero-order chi connectivity index (χ0) is 35.3. The van der Waals surface area contributed by atoms with Gasteiger partial charge in [0.1, 0.15) is 12.4 Å². The molecule has 0 saturated carbocycles. The number of rotatable bonds is 9. The molecule has 4 aromatic carbocycles. The summed E-state index contributed by atoms with van der Waals surface area (Å²) in [6.07, 6.45) is -2.47. The molecule has 13 nitrogen and oxygen atoms in total. The molecule has 4 atom stereocenters. The van der Waals surface area contributed by atoms with Crippen LogP contribution in [0.15, 0.2) is 134 Å². The van der Waals surface area contributed by atoms with E-state index in [1.807, 2.05) is 0 Å². The molecule has 6 aromatic rings. The average molecular weight is 684 g/mol. The van der Waals surface area contributed by atoms with Gasteiger partial charge in [-0.1, -0.05) is 72.8 Å². The van der Waals surface area contributed by atoms with Crippen molar-refractivity contribution in [2.45, 2.75) is 24.5 Å². The Labute approximate surface area is 290 Å². The quantitative estimate of drug-likeness (QED) is 0.167. The number of aliphatic hydroxyl groups excluding tert-OH is 1. The zero-order valence-corrected chi connectivity index (χ0v) is 26.8. The SMILES string of the molecule is O=C(O[C@@H]1[C@H](OC(=O)c2ccccc2)[C@H](n2cnc3c(N(C(=O)c4ccccc4)C(=O)c4ccccc4)ncnc32)O[C@@H]1CO)c1ccccc1. The number of fused-ring (bicyclic) bond motifs is 1. The summed E-state index contributed by atoms with van der Waals surface area (Å²) in [5.74, 6) is -2.87. The van der Waals surface area contributed by atoms with E-state index in [0.29, 0.717) is 0 Å². The molecule has 0 unspecified atom stereocenters. The minimum Gasteiger partial charge on any atom is -0.452 e. The monoisotopic (exact) mass is 683 g/mol. The number of hydrogen-bond donors (Lipinski definition) is 1. The van der Waals surface area contributed by atoms with E-state index in [4.69, 9.17) is 14.2 Å². The second-order valence-corrected chi connectivity index (χ2v) is 11.4. The molecule has 1 N–H and O–H groups in total. The molecule has 51 heavy (non-hydrogen) atoms. The summed E-state index contributed by atoms with van der Waals surface area (Å²) in [5, 5.41) is 10.4. The molecule has 1 saturated heterocycles. The summed E-state index contributed by atoms with van der Waals surface area (Å²) >= 11 is 0. The summed E-state index contributed by atoms with van der Waals surface area (Å²) in [5.41, 5.74) is 1.08. The van der Waals surface area contributed by atoms with E-state index in [1.165, 1.54) is 10.9 Å². The molecule has 1 fully saturated rings. The number of carbonyl (C=O) groups excluding carboxylic acids is 4. The van der Waals surface area contributed by atoms with Crippen molar-refractivity contribution in [3.8, 4) is 0 Å². The lowest BCUT2D eigenvalue weighted by molar-refractivity contribution is -0.0566. The van der Waals surface area contributed by atoms with Crippen molar-refractivity contribution in [1.82, 2.24) is 19.5 Å². The molecule has 3 heterocycles. The molecule has 0 spiro atoms. The number of aliphatic hydroxyl groups is 1. The second kappa shape index (κ2) is 14.5. The van der Waals surface area contributed by atoms with Crippen molar-refractivity contribution in [2.75, 3.05) is 11.5 Å². The number of ether oxygens (including phenoxy) is 3. The third kappa shape index (κ3) is 6.58. The molecule has 0 aliphatic carbocycles. The van der Waals surface area contributed by atoms with Crippen LogP contribution in [0.5, 0.6) is 0 Å². The average Bonchev–Trinajstić information content (AvgIpc) is 3.77. The number of aromatic nitrogens is 4. The molecule has 13 heteroatoms. The first-order chi connectivity index (χ1) is 24.9. The third-order valence-corrected chi connectivity index (χ3v) is 8.24. The van der Waals surface area contributed by atoms with Gasteiger partial charge in [0.15, 0.2) is 35.4 Å². The highest BCUT2D eigenvalue weighted by molar-refractivity contribution is 6.27. The summed E-state index contributed by atoms with van der Waals surface area (Å²) in [4.78, 5) is 68.8. The molecule has 1 aliphatic rings. The van der Waals surface area contributed by atoms with Gasteiger partial charge in [-0.2, -0.15) is 0 Å². The van der Waals surface area contributed by atoms with Crippen LogP contribution in [0.25, 0.3) is 11.2 Å². The number of hydrogen-bond acceptors (Lipinski definition) is 11. The van der Waals surface area contributed by atoms with Crippen LogP contribution in [0.1, 0.15) is 47.7 Å². The van der Waals surface area contributed by atoms with E-state index >= 15 is 0 Å². The minimum absolute atomic E-state index is 0.0491. The molecular formula is C38H29N5O8. The number of anilines is 1. The summed E-state index contributed by atoms with van der Waals surface area (Å²) in [6.45, 7) is -0.597. The fraction of sp³-hybridized carbons (Fsp3) is 0.132. The van der Waals surface area contributed by atoms with E-state index < -0.39 is 54.9 Å². The largest absolute Gasteiger partial charge is 0.452 e. The highest BCUT2D eigenvalue weighted by atomic mass is 16.6. The predicted molar refractivity (Wildman–Crippen MR) is 182 cm³/mol. The van der Waals surface area contributed by atoms with Crippen molar-refractivity contribution >= 4 is 40.7 Å². The van der Waals surface area contributed by atoms with Crippen molar-refractivity contribution in [3.05, 3.63) is 156 Å². The Balaban J connectivity index is 1.31. The number of esters is 2. The Hall–Kier alpha value is -6.57. The zero-order valence-electron chi connectivity index (χ0n) is 26.8. The fourth-order valence-electron chi connectivity index (χ4n) is 5.77. The molecule has 2 aromatic heterocycles. The minimum atomic E-state index is -1.31. The molecule has 254 valence electrons. The van der Waals surface area contributed by atoms with Crippen LogP contribution < -0.4 is 4.90 Å². The maximum absolute atomic E-state index is 14.0. The first-order valence-electron chi connectivity index (χ1n) is 15.9. The van der Waals surface area contributed by atoms with E-state index in [-0.39, 0.29) is 39.2 Å². The van der Waals surface area contributed by atoms with Crippen LogP contribution in [0.4, 0.5) is 5.82 Å². The van der Waals surface area contributed by atoms with Gasteiger partial charge in [-0.25, -0.2) is 29.4 Å². The van der Waals surface area contributed by atoms with Gasteiger partial charge in [-0.05, 0) is 48.5 Å². The molecule has 2 amide bonds. The molecule has 0 bridgehead atoms. The van der Waals surface area contributed by atoms with Gasteiger partial charge in [0, 0.05) is 11.1 Å². The van der Waals surface area contributed by atoms with E-state index in [1.54, 1.807) is 121 Å². The number of imidazole rings is 1. The van der Waals surface area contributed by atoms with Crippen LogP contribution in [0, 0.1) is 0 Å². The van der Waals surface area contributed by atoms with Crippen molar-refractivity contribution in [3.63, 3.8) is 0 Å². The van der Waals surface area contributed by atoms with Gasteiger partial charge in [0.05, 0.1) is 24.1 Å². The van der Waals surface area contributed by atoms with E-state index in [2.05, 4.69) is 15.0 Å². The van der Waals surface area contributed by atoms with Crippen molar-refractivity contribution in [1.29, 1.82) is 0 Å². The highest BCUT2D eigenvalue weighted by Gasteiger charge is 2.51. The van der Waals surface area contributed by atoms with E-state index in [9.17, 15) is 24.3 Å². The summed E-state index contributed by atoms with van der Waals surface area (Å²) in [7, 11) is 0. The van der Waals surface area contributed by atoms with Crippen LogP contribution in [0.2, 0.25) is 0 Å². The predicted octanol–water partition coefficient (Wildman–Crippen LogP) is 4.65. The first-order valence-corrected chi connectivity index (χ1v) is 15.9. The number of amides is 2. The van der Waals surface area contributed by atoms with Gasteiger partial charge in [0.2, 0.25) is 0 Å². The Bertz CT molecular complexity index is 2130. The summed E-state index contributed by atoms with van der Waals surface area (Å²) < 4.78 is 19.4. The summed E-state index contributed by atoms with van der Waals surface area (Å²) in [6, 6.07) is 32.9. The number of imide groups is 1. The number of benzene rings is 4. The number of carbonyl (C=O) groups is 4. The highest BCUT2D eigenvalue weighted by Crippen LogP contribution is 2.37. The Morgan fingerprint density at radius 2 is 1.12 bits per heavy atom. The van der Waals surface area contributed by atoms with Gasteiger partial charge in [0.25, 0.3) is 11.8 Å². The fourth-order valence-corrected chi connectivity index (χ4v) is 5.77. The topological polar surface area (TPSA) is 163 Å². The molecular weight excluding hydrogens is 654 g/mol. The van der Waals surface area contributed by atoms with Gasteiger partial charge in [-0.15, -0.1) is 0 Å². The Morgan fingerprint density at radius 3 is 1.61 bits per heavy atom. The maximum Gasteiger partial charge on any atom is 0.338 e. The third-order valence-electron chi connectivity index (χ3n) is 8.24. The lowest BCUT2D eigenvalue weighted by atomic mass is 10.1. The normalized spacial score (nSPS) is 18.2. The lowest BCUT2D eigenvalue weighted by Crippen LogP contribution is -2.40. The Kier molecular flexibility index (Phi) is 9.37. The Morgan fingerprint density at radius 1 is 0.647 bits per heavy atom. The smallest absolute Gasteiger partial charge is 0.338 e. The van der Waals surface area contributed by atoms with Gasteiger partial charge >= 0.3 is 11.9 Å². The van der Waals surface area contributed by atoms with Crippen LogP contribution >= 0.6 is 0 Å².